The van der Waals surface area contributed by atoms with E-state index in [9.17, 15) is 25.1 Å². The number of allylic oxidation sites excluding steroid dienone is 1. The second kappa shape index (κ2) is 22.9. The molecule has 0 radical (unpaired) electrons. The molecule has 69 heavy (non-hydrogen) atoms. The number of carbonyl (C=O) groups excluding carboxylic acids is 2. The lowest BCUT2D eigenvalue weighted by atomic mass is 9.55. The molecule has 1 unspecified atom stereocenters. The molecule has 2 aliphatic carbocycles. The van der Waals surface area contributed by atoms with E-state index < -0.39 is 41.0 Å². The van der Waals surface area contributed by atoms with E-state index in [4.69, 9.17) is 38.4 Å². The highest BCUT2D eigenvalue weighted by Gasteiger charge is 2.65. The quantitative estimate of drug-likeness (QED) is 0.0302. The van der Waals surface area contributed by atoms with Crippen LogP contribution in [0.25, 0.3) is 6.08 Å². The zero-order chi connectivity index (χ0) is 48.3. The van der Waals surface area contributed by atoms with Crippen LogP contribution in [0.2, 0.25) is 0 Å². The lowest BCUT2D eigenvalue weighted by Crippen LogP contribution is -2.70. The number of rotatable bonds is 21. The van der Waals surface area contributed by atoms with Gasteiger partial charge < -0.3 is 53.7 Å². The van der Waals surface area contributed by atoms with Crippen LogP contribution in [0.4, 0.5) is 10.5 Å². The molecule has 8 rings (SSSR count). The molecule has 3 aromatic rings. The standard InChI is InChI=1S/C52H62N4O13/c1-3-26-66-52-46(55(32-35-16-21-44-45(28-35)65-33-64-44)47(59)23-17-34-14-18-37(19-15-34)56(61)62)31-42(54-69-48-13-7-10-27-63-48)40-29-36(11-5-8-24-57)39(12-6-9-25-58)49(50(40)52)41-30-38(20-22-43(41)68-52)67-51(60)53-4-2/h3,14-23,28-30,36,39,46,48-50,57-58H,1,4-13,24-27,31-33H2,2H3,(H,53,60)/t36-,39+,46-,48?,49+,50+,52+/m0/s1. The summed E-state index contributed by atoms with van der Waals surface area (Å²) < 4.78 is 37.8. The van der Waals surface area contributed by atoms with Crippen LogP contribution in [0.15, 0.2) is 96.2 Å². The number of non-ortho nitro benzene ring substituents is 1. The number of aliphatic hydroxyl groups is 2. The molecule has 0 bridgehead atoms. The number of aliphatic hydroxyl groups excluding tert-OH is 2. The number of nitrogens with zero attached hydrogens (tertiary/aromatic N) is 3. The van der Waals surface area contributed by atoms with Gasteiger partial charge in [-0.2, -0.15) is 0 Å². The second-order valence-electron chi connectivity index (χ2n) is 17.9. The lowest BCUT2D eigenvalue weighted by molar-refractivity contribution is -0.384. The number of benzene rings is 3. The Morgan fingerprint density at radius 1 is 1.00 bits per heavy atom. The Hall–Kier alpha value is -6.27. The highest BCUT2D eigenvalue weighted by atomic mass is 16.8. The maximum atomic E-state index is 15.3. The lowest BCUT2D eigenvalue weighted by Gasteiger charge is -2.60. The molecule has 3 aromatic carbocycles. The van der Waals surface area contributed by atoms with Crippen LogP contribution in [0, 0.1) is 27.9 Å². The van der Waals surface area contributed by atoms with Gasteiger partial charge in [0.25, 0.3) is 5.69 Å². The summed E-state index contributed by atoms with van der Waals surface area (Å²) in [5.74, 6) is -1.23. The Balaban J connectivity index is 1.34. The summed E-state index contributed by atoms with van der Waals surface area (Å²) in [5, 5.41) is 39.1. The summed E-state index contributed by atoms with van der Waals surface area (Å²) in [6, 6.07) is 15.9. The van der Waals surface area contributed by atoms with Crippen LogP contribution in [0.5, 0.6) is 23.0 Å². The molecule has 3 N–H and O–H groups in total. The summed E-state index contributed by atoms with van der Waals surface area (Å²) in [6.45, 7) is 7.00. The SMILES string of the molecule is C=CCO[C@@]12Oc3ccc(OC(=O)NCC)cc3[C@H]3[C@H](CCCCO)[C@@H](CCCCO)C=C(C(=NOC4CCCCO4)C[C@@H]1N(Cc1ccc4c(c1)OCO4)C(=O)C=Cc1ccc([N+](=O)[O-])cc1)[C@H]32. The molecule has 3 heterocycles. The molecular formula is C52H62N4O13. The minimum absolute atomic E-state index is 0.0253. The van der Waals surface area contributed by atoms with Crippen LogP contribution in [-0.4, -0.2) is 95.6 Å². The molecule has 17 nitrogen and oxygen atoms in total. The number of ether oxygens (including phenoxy) is 6. The largest absolute Gasteiger partial charge is 0.459 e. The molecule has 1 saturated carbocycles. The monoisotopic (exact) mass is 950 g/mol. The summed E-state index contributed by atoms with van der Waals surface area (Å²) >= 11 is 0. The predicted octanol–water partition coefficient (Wildman–Crippen LogP) is 8.33. The summed E-state index contributed by atoms with van der Waals surface area (Å²) in [7, 11) is 0. The van der Waals surface area contributed by atoms with Crippen molar-refractivity contribution in [2.45, 2.75) is 102 Å². The number of amides is 2. The van der Waals surface area contributed by atoms with Crippen molar-refractivity contribution >= 4 is 29.5 Å². The maximum absolute atomic E-state index is 15.3. The number of hydrogen-bond acceptors (Lipinski definition) is 14. The van der Waals surface area contributed by atoms with Crippen molar-refractivity contribution in [2.24, 2.45) is 22.9 Å². The van der Waals surface area contributed by atoms with Gasteiger partial charge in [0.1, 0.15) is 17.5 Å². The number of carbonyl (C=O) groups is 2. The van der Waals surface area contributed by atoms with Crippen LogP contribution in [-0.2, 0) is 25.7 Å². The Bertz CT molecular complexity index is 2400. The zero-order valence-corrected chi connectivity index (χ0v) is 39.0. The van der Waals surface area contributed by atoms with Crippen molar-refractivity contribution in [2.75, 3.05) is 39.8 Å². The highest BCUT2D eigenvalue weighted by Crippen LogP contribution is 2.62. The van der Waals surface area contributed by atoms with Gasteiger partial charge in [-0.15, -0.1) is 6.58 Å². The van der Waals surface area contributed by atoms with E-state index >= 15 is 4.79 Å². The number of unbranched alkanes of at least 4 members (excludes halogenated alkanes) is 2. The minimum Gasteiger partial charge on any atom is -0.459 e. The van der Waals surface area contributed by atoms with Crippen molar-refractivity contribution in [3.63, 3.8) is 0 Å². The summed E-state index contributed by atoms with van der Waals surface area (Å²) in [5.41, 5.74) is 3.44. The fourth-order valence-electron chi connectivity index (χ4n) is 10.5. The normalized spacial score (nSPS) is 24.9. The second-order valence-corrected chi connectivity index (χ2v) is 17.9. The van der Waals surface area contributed by atoms with Crippen molar-refractivity contribution in [3.8, 4) is 23.0 Å². The molecule has 3 aliphatic heterocycles. The van der Waals surface area contributed by atoms with Crippen molar-refractivity contribution in [1.29, 1.82) is 0 Å². The van der Waals surface area contributed by atoms with Crippen LogP contribution < -0.4 is 24.3 Å². The minimum atomic E-state index is -1.60. The third-order valence-corrected chi connectivity index (χ3v) is 13.6. The maximum Gasteiger partial charge on any atom is 0.412 e. The van der Waals surface area contributed by atoms with Crippen LogP contribution >= 0.6 is 0 Å². The van der Waals surface area contributed by atoms with Crippen LogP contribution in [0.1, 0.15) is 93.7 Å². The van der Waals surface area contributed by atoms with E-state index in [1.807, 2.05) is 31.2 Å². The van der Waals surface area contributed by atoms with E-state index in [0.717, 1.165) is 42.4 Å². The van der Waals surface area contributed by atoms with Gasteiger partial charge in [-0.3, -0.25) is 14.9 Å². The first-order chi connectivity index (χ1) is 33.7. The fraction of sp³-hybridized carbons (Fsp3) is 0.481. The number of oxime groups is 1. The van der Waals surface area contributed by atoms with Crippen molar-refractivity contribution < 1.29 is 58.0 Å². The van der Waals surface area contributed by atoms with Gasteiger partial charge in [0, 0.05) is 68.8 Å². The number of hydrogen-bond donors (Lipinski definition) is 3. The average molecular weight is 951 g/mol. The first-order valence-electron chi connectivity index (χ1n) is 24.1. The van der Waals surface area contributed by atoms with E-state index in [1.165, 1.54) is 18.2 Å². The highest BCUT2D eigenvalue weighted by molar-refractivity contribution is 6.03. The van der Waals surface area contributed by atoms with Gasteiger partial charge in [0.2, 0.25) is 24.8 Å². The Kier molecular flexibility index (Phi) is 16.3. The zero-order valence-electron chi connectivity index (χ0n) is 39.0. The van der Waals surface area contributed by atoms with E-state index in [0.29, 0.717) is 79.5 Å². The topological polar surface area (TPSA) is 210 Å². The van der Waals surface area contributed by atoms with Crippen LogP contribution in [0.3, 0.4) is 0 Å². The number of nitro benzene ring substituents is 1. The Morgan fingerprint density at radius 3 is 2.52 bits per heavy atom. The third-order valence-electron chi connectivity index (χ3n) is 13.6. The molecule has 0 aromatic heterocycles. The molecular weight excluding hydrogens is 889 g/mol. The van der Waals surface area contributed by atoms with E-state index in [2.05, 4.69) is 18.0 Å². The number of nitro groups is 1. The predicted molar refractivity (Wildman–Crippen MR) is 255 cm³/mol. The molecule has 368 valence electrons. The fourth-order valence-corrected chi connectivity index (χ4v) is 10.5. The van der Waals surface area contributed by atoms with Gasteiger partial charge in [-0.1, -0.05) is 36.2 Å². The van der Waals surface area contributed by atoms with Gasteiger partial charge in [-0.25, -0.2) is 4.79 Å². The molecule has 2 fully saturated rings. The molecule has 2 amide bonds. The first kappa shape index (κ1) is 49.2. The van der Waals surface area contributed by atoms with Gasteiger partial charge in [-0.05, 0) is 123 Å². The molecule has 17 heteroatoms. The third kappa shape index (κ3) is 11.1. The average Bonchev–Trinajstić information content (AvgIpc) is 3.83. The first-order valence-corrected chi connectivity index (χ1v) is 24.1. The smallest absolute Gasteiger partial charge is 0.412 e. The molecule has 1 saturated heterocycles. The molecule has 5 aliphatic rings. The number of nitrogens with one attached hydrogen (secondary N) is 1. The van der Waals surface area contributed by atoms with Gasteiger partial charge in [0.05, 0.1) is 29.8 Å². The Morgan fingerprint density at radius 2 is 1.78 bits per heavy atom. The van der Waals surface area contributed by atoms with Crippen molar-refractivity contribution in [3.05, 3.63) is 118 Å². The Labute approximate surface area is 401 Å². The molecule has 0 spiro atoms. The van der Waals surface area contributed by atoms with Crippen molar-refractivity contribution in [1.82, 2.24) is 10.2 Å². The molecule has 7 atom stereocenters. The van der Waals surface area contributed by atoms with E-state index in [1.54, 1.807) is 41.3 Å². The number of fused-ring (bicyclic) bond motifs is 3. The summed E-state index contributed by atoms with van der Waals surface area (Å²) in [4.78, 5) is 47.2. The summed E-state index contributed by atoms with van der Waals surface area (Å²) in [6.07, 6.45) is 12.5. The van der Waals surface area contributed by atoms with Gasteiger partial charge in [0.15, 0.2) is 11.5 Å². The van der Waals surface area contributed by atoms with Gasteiger partial charge >= 0.3 is 6.09 Å². The van der Waals surface area contributed by atoms with E-state index in [-0.39, 0.29) is 63.0 Å².